The molecule has 2 atom stereocenters. The van der Waals surface area contributed by atoms with Gasteiger partial charge in [0.2, 0.25) is 0 Å². The van der Waals surface area contributed by atoms with E-state index in [2.05, 4.69) is 24.3 Å². The Morgan fingerprint density at radius 3 is 2.81 bits per heavy atom. The van der Waals surface area contributed by atoms with Crippen molar-refractivity contribution in [2.24, 2.45) is 5.73 Å². The predicted octanol–water partition coefficient (Wildman–Crippen LogP) is 2.41. The van der Waals surface area contributed by atoms with Crippen LogP contribution in [0, 0.1) is 0 Å². The van der Waals surface area contributed by atoms with Gasteiger partial charge < -0.3 is 10.8 Å². The number of aliphatic hydroxyl groups excluding tert-OH is 1. The van der Waals surface area contributed by atoms with Crippen LogP contribution in [0.3, 0.4) is 0 Å². The highest BCUT2D eigenvalue weighted by Crippen LogP contribution is 2.36. The summed E-state index contributed by atoms with van der Waals surface area (Å²) in [7, 11) is 0. The molecule has 0 bridgehead atoms. The Hall–Kier alpha value is -0.510. The number of benzene rings is 1. The van der Waals surface area contributed by atoms with Crippen LogP contribution in [0.1, 0.15) is 25.7 Å². The van der Waals surface area contributed by atoms with Gasteiger partial charge in [-0.3, -0.25) is 0 Å². The van der Waals surface area contributed by atoms with Gasteiger partial charge in [-0.2, -0.15) is 0 Å². The van der Waals surface area contributed by atoms with E-state index in [-0.39, 0.29) is 12.1 Å². The maximum Gasteiger partial charge on any atom is 0.0611 e. The molecular weight excluding hydrogens is 218 g/mol. The summed E-state index contributed by atoms with van der Waals surface area (Å²) in [4.78, 5) is 1.30. The molecule has 1 aromatic carbocycles. The Morgan fingerprint density at radius 1 is 1.38 bits per heavy atom. The van der Waals surface area contributed by atoms with Crippen LogP contribution in [-0.2, 0) is 0 Å². The first-order chi connectivity index (χ1) is 7.72. The van der Waals surface area contributed by atoms with Gasteiger partial charge in [0.05, 0.1) is 6.61 Å². The van der Waals surface area contributed by atoms with E-state index in [9.17, 15) is 5.11 Å². The Bertz CT molecular complexity index is 330. The molecule has 0 saturated heterocycles. The smallest absolute Gasteiger partial charge is 0.0611 e. The molecule has 0 aliphatic heterocycles. The fourth-order valence-corrected chi connectivity index (χ4v) is 3.67. The number of hydrogen-bond acceptors (Lipinski definition) is 3. The van der Waals surface area contributed by atoms with Gasteiger partial charge >= 0.3 is 0 Å². The molecule has 16 heavy (non-hydrogen) atoms. The highest BCUT2D eigenvalue weighted by Gasteiger charge is 2.32. The van der Waals surface area contributed by atoms with Crippen molar-refractivity contribution in [3.05, 3.63) is 30.3 Å². The second kappa shape index (κ2) is 5.21. The third kappa shape index (κ3) is 3.00. The van der Waals surface area contributed by atoms with Gasteiger partial charge in [0.25, 0.3) is 0 Å². The van der Waals surface area contributed by atoms with Crippen LogP contribution in [0.2, 0.25) is 0 Å². The summed E-state index contributed by atoms with van der Waals surface area (Å²) in [6.45, 7) is 0.110. The summed E-state index contributed by atoms with van der Waals surface area (Å²) in [5.41, 5.74) is 5.80. The highest BCUT2D eigenvalue weighted by molar-refractivity contribution is 8.00. The van der Waals surface area contributed by atoms with Crippen molar-refractivity contribution in [3.63, 3.8) is 0 Å². The van der Waals surface area contributed by atoms with Crippen LogP contribution in [-0.4, -0.2) is 22.5 Å². The van der Waals surface area contributed by atoms with Crippen LogP contribution < -0.4 is 5.73 Å². The molecule has 0 aromatic heterocycles. The van der Waals surface area contributed by atoms with E-state index in [1.165, 1.54) is 11.3 Å². The van der Waals surface area contributed by atoms with Gasteiger partial charge in [0, 0.05) is 15.7 Å². The normalized spacial score (nSPS) is 30.2. The average Bonchev–Trinajstić information content (AvgIpc) is 2.30. The number of hydrogen-bond donors (Lipinski definition) is 2. The number of rotatable bonds is 3. The zero-order chi connectivity index (χ0) is 11.4. The van der Waals surface area contributed by atoms with Crippen LogP contribution in [0.25, 0.3) is 0 Å². The van der Waals surface area contributed by atoms with Gasteiger partial charge in [-0.25, -0.2) is 0 Å². The minimum atomic E-state index is -0.343. The van der Waals surface area contributed by atoms with E-state index in [1.807, 2.05) is 17.8 Å². The lowest BCUT2D eigenvalue weighted by molar-refractivity contribution is 0.159. The topological polar surface area (TPSA) is 46.2 Å². The van der Waals surface area contributed by atoms with Crippen LogP contribution >= 0.6 is 11.8 Å². The Morgan fingerprint density at radius 2 is 2.12 bits per heavy atom. The van der Waals surface area contributed by atoms with Crippen molar-refractivity contribution in [1.29, 1.82) is 0 Å². The van der Waals surface area contributed by atoms with Gasteiger partial charge in [0.1, 0.15) is 0 Å². The van der Waals surface area contributed by atoms with E-state index in [1.54, 1.807) is 0 Å². The van der Waals surface area contributed by atoms with Crippen molar-refractivity contribution >= 4 is 11.8 Å². The lowest BCUT2D eigenvalue weighted by atomic mass is 9.83. The number of aliphatic hydroxyl groups is 1. The molecule has 2 nitrogen and oxygen atoms in total. The largest absolute Gasteiger partial charge is 0.394 e. The van der Waals surface area contributed by atoms with Crippen LogP contribution in [0.15, 0.2) is 35.2 Å². The molecule has 1 aliphatic rings. The summed E-state index contributed by atoms with van der Waals surface area (Å²) in [6.07, 6.45) is 4.21. The van der Waals surface area contributed by atoms with E-state index >= 15 is 0 Å². The molecule has 0 spiro atoms. The standard InChI is InChI=1S/C13H19NOS/c14-13(10-15)8-4-7-12(9-13)16-11-5-2-1-3-6-11/h1-3,5-6,12,15H,4,7-10,14H2. The zero-order valence-corrected chi connectivity index (χ0v) is 10.2. The maximum atomic E-state index is 9.30. The molecule has 0 radical (unpaired) electrons. The van der Waals surface area contributed by atoms with Crippen molar-refractivity contribution in [3.8, 4) is 0 Å². The molecule has 1 saturated carbocycles. The molecule has 1 aromatic rings. The highest BCUT2D eigenvalue weighted by atomic mass is 32.2. The fourth-order valence-electron chi connectivity index (χ4n) is 2.28. The minimum Gasteiger partial charge on any atom is -0.394 e. The fraction of sp³-hybridized carbons (Fsp3) is 0.538. The third-order valence-electron chi connectivity index (χ3n) is 3.20. The molecule has 0 heterocycles. The number of nitrogens with two attached hydrogens (primary N) is 1. The van der Waals surface area contributed by atoms with E-state index in [4.69, 9.17) is 5.73 Å². The lowest BCUT2D eigenvalue weighted by Crippen LogP contribution is -2.48. The van der Waals surface area contributed by atoms with Crippen LogP contribution in [0.5, 0.6) is 0 Å². The Kier molecular flexibility index (Phi) is 3.90. The molecule has 3 heteroatoms. The van der Waals surface area contributed by atoms with Gasteiger partial charge in [-0.1, -0.05) is 24.6 Å². The van der Waals surface area contributed by atoms with Crippen molar-refractivity contribution in [2.75, 3.05) is 6.61 Å². The molecule has 1 fully saturated rings. The molecule has 0 amide bonds. The first-order valence-electron chi connectivity index (χ1n) is 5.83. The van der Waals surface area contributed by atoms with E-state index in [0.717, 1.165) is 19.3 Å². The lowest BCUT2D eigenvalue weighted by Gasteiger charge is -2.36. The Labute approximate surface area is 101 Å². The summed E-state index contributed by atoms with van der Waals surface area (Å²) < 4.78 is 0. The third-order valence-corrected chi connectivity index (χ3v) is 4.48. The number of thioether (sulfide) groups is 1. The monoisotopic (exact) mass is 237 g/mol. The van der Waals surface area contributed by atoms with E-state index in [0.29, 0.717) is 5.25 Å². The van der Waals surface area contributed by atoms with Gasteiger partial charge in [-0.05, 0) is 31.4 Å². The van der Waals surface area contributed by atoms with Crippen molar-refractivity contribution in [2.45, 2.75) is 41.4 Å². The van der Waals surface area contributed by atoms with Crippen LogP contribution in [0.4, 0.5) is 0 Å². The average molecular weight is 237 g/mol. The summed E-state index contributed by atoms with van der Waals surface area (Å²) >= 11 is 1.89. The van der Waals surface area contributed by atoms with Crippen molar-refractivity contribution < 1.29 is 5.11 Å². The zero-order valence-electron chi connectivity index (χ0n) is 9.43. The molecule has 1 aliphatic carbocycles. The Balaban J connectivity index is 1.96. The van der Waals surface area contributed by atoms with Crippen molar-refractivity contribution in [1.82, 2.24) is 0 Å². The molecule has 88 valence electrons. The summed E-state index contributed by atoms with van der Waals surface area (Å²) in [5.74, 6) is 0. The molecule has 2 rings (SSSR count). The molecule has 3 N–H and O–H groups in total. The maximum absolute atomic E-state index is 9.30. The minimum absolute atomic E-state index is 0.110. The summed E-state index contributed by atoms with van der Waals surface area (Å²) in [6, 6.07) is 10.4. The summed E-state index contributed by atoms with van der Waals surface area (Å²) in [5, 5.41) is 9.85. The van der Waals surface area contributed by atoms with Gasteiger partial charge in [-0.15, -0.1) is 11.8 Å². The first kappa shape index (κ1) is 12.0. The van der Waals surface area contributed by atoms with Gasteiger partial charge in [0.15, 0.2) is 0 Å². The molecule has 2 unspecified atom stereocenters. The second-order valence-corrected chi connectivity index (χ2v) is 6.04. The molecular formula is C13H19NOS. The SMILES string of the molecule is NC1(CO)CCCC(Sc2ccccc2)C1. The second-order valence-electron chi connectivity index (χ2n) is 4.67. The van der Waals surface area contributed by atoms with E-state index < -0.39 is 0 Å². The predicted molar refractivity (Wildman–Crippen MR) is 68.6 cm³/mol. The first-order valence-corrected chi connectivity index (χ1v) is 6.71. The quantitative estimate of drug-likeness (QED) is 0.848.